The lowest BCUT2D eigenvalue weighted by Gasteiger charge is -2.22. The number of rotatable bonds is 10. The molecule has 1 N–H and O–H groups in total. The maximum atomic E-state index is 12.0. The number of hydrogen-bond donors (Lipinski definition) is 1. The molecule has 0 fully saturated rings. The quantitative estimate of drug-likeness (QED) is 0.495. The number of amides is 1. The summed E-state index contributed by atoms with van der Waals surface area (Å²) in [5.74, 6) is -0.358. The minimum Gasteiger partial charge on any atom is -0.464 e. The zero-order valence-electron chi connectivity index (χ0n) is 13.2. The molecule has 0 saturated heterocycles. The summed E-state index contributed by atoms with van der Waals surface area (Å²) in [6, 6.07) is -0.633. The van der Waals surface area contributed by atoms with E-state index in [9.17, 15) is 9.59 Å². The Morgan fingerprint density at radius 1 is 1.00 bits per heavy atom. The van der Waals surface area contributed by atoms with E-state index in [-0.39, 0.29) is 11.9 Å². The zero-order chi connectivity index (χ0) is 15.4. The highest BCUT2D eigenvalue weighted by molar-refractivity contribution is 5.81. The lowest BCUT2D eigenvalue weighted by Crippen LogP contribution is -2.46. The third kappa shape index (κ3) is 8.02. The van der Waals surface area contributed by atoms with Gasteiger partial charge in [-0.3, -0.25) is 0 Å². The average molecular weight is 287 g/mol. The largest absolute Gasteiger partial charge is 0.464 e. The van der Waals surface area contributed by atoms with E-state index in [4.69, 9.17) is 9.47 Å². The summed E-state index contributed by atoms with van der Waals surface area (Å²) >= 11 is 0. The van der Waals surface area contributed by atoms with Gasteiger partial charge in [0.15, 0.2) is 0 Å². The number of unbranched alkanes of at least 4 members (excludes halogenated alkanes) is 2. The van der Waals surface area contributed by atoms with Crippen LogP contribution >= 0.6 is 0 Å². The average Bonchev–Trinajstić information content (AvgIpc) is 2.44. The first-order chi connectivity index (χ1) is 9.56. The molecule has 2 unspecified atom stereocenters. The lowest BCUT2D eigenvalue weighted by atomic mass is 9.99. The molecule has 0 heterocycles. The van der Waals surface area contributed by atoms with Crippen molar-refractivity contribution in [3.05, 3.63) is 0 Å². The normalized spacial score (nSPS) is 13.4. The van der Waals surface area contributed by atoms with Gasteiger partial charge in [0.2, 0.25) is 0 Å². The fourth-order valence-electron chi connectivity index (χ4n) is 1.55. The van der Waals surface area contributed by atoms with Crippen LogP contribution in [0.5, 0.6) is 0 Å². The number of esters is 1. The molecule has 5 heteroatoms. The van der Waals surface area contributed by atoms with E-state index in [2.05, 4.69) is 5.32 Å². The minimum absolute atomic E-state index is 0.0165. The number of hydrogen-bond acceptors (Lipinski definition) is 4. The molecule has 0 saturated carbocycles. The molecule has 118 valence electrons. The second-order valence-corrected chi connectivity index (χ2v) is 5.02. The molecule has 0 aromatic carbocycles. The fraction of sp³-hybridized carbons (Fsp3) is 0.867. The Hall–Kier alpha value is -1.26. The minimum atomic E-state index is -0.633. The van der Waals surface area contributed by atoms with Crippen LogP contribution in [0.2, 0.25) is 0 Å². The Labute approximate surface area is 122 Å². The molecule has 0 aliphatic carbocycles. The molecule has 0 aromatic rings. The van der Waals surface area contributed by atoms with Crippen LogP contribution in [0.3, 0.4) is 0 Å². The first kappa shape index (κ1) is 18.7. The van der Waals surface area contributed by atoms with Crippen LogP contribution in [0.4, 0.5) is 4.79 Å². The molecular formula is C15H29NO4. The predicted molar refractivity (Wildman–Crippen MR) is 78.5 cm³/mol. The van der Waals surface area contributed by atoms with Crippen LogP contribution in [0, 0.1) is 5.92 Å². The summed E-state index contributed by atoms with van der Waals surface area (Å²) < 4.78 is 10.2. The molecule has 0 spiro atoms. The molecule has 2 atom stereocenters. The number of carbonyl (C=O) groups is 2. The Balaban J connectivity index is 4.33. The third-order valence-corrected chi connectivity index (χ3v) is 3.21. The number of ether oxygens (including phenoxy) is 2. The molecule has 5 nitrogen and oxygen atoms in total. The highest BCUT2D eigenvalue weighted by Crippen LogP contribution is 2.10. The van der Waals surface area contributed by atoms with Crippen LogP contribution in [-0.4, -0.2) is 31.3 Å². The Bertz CT molecular complexity index is 281. The van der Waals surface area contributed by atoms with Crippen LogP contribution < -0.4 is 5.32 Å². The maximum absolute atomic E-state index is 12.0. The number of nitrogens with one attached hydrogen (secondary N) is 1. The van der Waals surface area contributed by atoms with Gasteiger partial charge in [0, 0.05) is 0 Å². The van der Waals surface area contributed by atoms with E-state index in [0.717, 1.165) is 32.1 Å². The monoisotopic (exact) mass is 287 g/mol. The fourth-order valence-corrected chi connectivity index (χ4v) is 1.55. The van der Waals surface area contributed by atoms with E-state index < -0.39 is 12.1 Å². The van der Waals surface area contributed by atoms with E-state index in [1.54, 1.807) is 0 Å². The molecule has 0 rings (SSSR count). The van der Waals surface area contributed by atoms with Gasteiger partial charge in [-0.05, 0) is 18.8 Å². The van der Waals surface area contributed by atoms with Gasteiger partial charge in [-0.15, -0.1) is 0 Å². The maximum Gasteiger partial charge on any atom is 0.407 e. The molecule has 0 bridgehead atoms. The highest BCUT2D eigenvalue weighted by Gasteiger charge is 2.27. The molecule has 1 amide bonds. The Morgan fingerprint density at radius 2 is 1.55 bits per heavy atom. The summed E-state index contributed by atoms with van der Waals surface area (Å²) in [5, 5.41) is 2.62. The standard InChI is InChI=1S/C15H29NO4/c1-5-8-10-19-14(17)13(12(4)7-3)16-15(18)20-11-9-6-2/h12-13H,5-11H2,1-4H3,(H,16,18). The molecule has 0 aromatic heterocycles. The summed E-state index contributed by atoms with van der Waals surface area (Å²) in [5.41, 5.74) is 0. The van der Waals surface area contributed by atoms with E-state index in [1.165, 1.54) is 0 Å². The van der Waals surface area contributed by atoms with Gasteiger partial charge in [-0.1, -0.05) is 47.0 Å². The van der Waals surface area contributed by atoms with Crippen molar-refractivity contribution in [1.82, 2.24) is 5.32 Å². The Morgan fingerprint density at radius 3 is 2.05 bits per heavy atom. The first-order valence-corrected chi connectivity index (χ1v) is 7.66. The summed E-state index contributed by atoms with van der Waals surface area (Å²) in [4.78, 5) is 23.6. The number of carbonyl (C=O) groups excluding carboxylic acids is 2. The van der Waals surface area contributed by atoms with Crippen molar-refractivity contribution in [3.8, 4) is 0 Å². The first-order valence-electron chi connectivity index (χ1n) is 7.66. The van der Waals surface area contributed by atoms with Gasteiger partial charge >= 0.3 is 12.1 Å². The van der Waals surface area contributed by atoms with Gasteiger partial charge in [-0.2, -0.15) is 0 Å². The molecule has 0 aliphatic heterocycles. The topological polar surface area (TPSA) is 64.6 Å². The van der Waals surface area contributed by atoms with Crippen molar-refractivity contribution >= 4 is 12.1 Å². The second kappa shape index (κ2) is 11.6. The highest BCUT2D eigenvalue weighted by atomic mass is 16.6. The molecule has 20 heavy (non-hydrogen) atoms. The molecule has 0 radical (unpaired) electrons. The molecule has 0 aliphatic rings. The van der Waals surface area contributed by atoms with Crippen molar-refractivity contribution in [2.75, 3.05) is 13.2 Å². The van der Waals surface area contributed by atoms with Crippen molar-refractivity contribution in [2.24, 2.45) is 5.92 Å². The summed E-state index contributed by atoms with van der Waals surface area (Å²) in [6.45, 7) is 8.71. The second-order valence-electron chi connectivity index (χ2n) is 5.02. The van der Waals surface area contributed by atoms with Gasteiger partial charge in [-0.25, -0.2) is 9.59 Å². The van der Waals surface area contributed by atoms with E-state index in [1.807, 2.05) is 27.7 Å². The molecular weight excluding hydrogens is 258 g/mol. The SMILES string of the molecule is CCCCOC(=O)NC(C(=O)OCCCC)C(C)CC. The van der Waals surface area contributed by atoms with Crippen molar-refractivity contribution in [2.45, 2.75) is 65.8 Å². The van der Waals surface area contributed by atoms with Crippen LogP contribution in [0.15, 0.2) is 0 Å². The van der Waals surface area contributed by atoms with Crippen molar-refractivity contribution in [3.63, 3.8) is 0 Å². The zero-order valence-corrected chi connectivity index (χ0v) is 13.2. The van der Waals surface area contributed by atoms with Crippen LogP contribution in [0.25, 0.3) is 0 Å². The van der Waals surface area contributed by atoms with Crippen molar-refractivity contribution < 1.29 is 19.1 Å². The predicted octanol–water partition coefficient (Wildman–Crippen LogP) is 3.27. The third-order valence-electron chi connectivity index (χ3n) is 3.21. The smallest absolute Gasteiger partial charge is 0.407 e. The summed E-state index contributed by atoms with van der Waals surface area (Å²) in [7, 11) is 0. The lowest BCUT2D eigenvalue weighted by molar-refractivity contribution is -0.147. The van der Waals surface area contributed by atoms with Crippen molar-refractivity contribution in [1.29, 1.82) is 0 Å². The van der Waals surface area contributed by atoms with E-state index >= 15 is 0 Å². The van der Waals surface area contributed by atoms with Gasteiger partial charge in [0.25, 0.3) is 0 Å². The van der Waals surface area contributed by atoms with E-state index in [0.29, 0.717) is 13.2 Å². The van der Waals surface area contributed by atoms with Crippen LogP contribution in [-0.2, 0) is 14.3 Å². The van der Waals surface area contributed by atoms with Gasteiger partial charge < -0.3 is 14.8 Å². The summed E-state index contributed by atoms with van der Waals surface area (Å²) in [6.07, 6.45) is 3.82. The van der Waals surface area contributed by atoms with Gasteiger partial charge in [0.1, 0.15) is 6.04 Å². The van der Waals surface area contributed by atoms with Gasteiger partial charge in [0.05, 0.1) is 13.2 Å². The number of alkyl carbamates (subject to hydrolysis) is 1. The van der Waals surface area contributed by atoms with Crippen LogP contribution in [0.1, 0.15) is 59.8 Å². The Kier molecular flexibility index (Phi) is 10.8.